The second-order valence-corrected chi connectivity index (χ2v) is 4.50. The summed E-state index contributed by atoms with van der Waals surface area (Å²) >= 11 is 0. The van der Waals surface area contributed by atoms with Crippen LogP contribution >= 0.6 is 0 Å². The molecule has 0 N–H and O–H groups in total. The van der Waals surface area contributed by atoms with Crippen LogP contribution in [0.3, 0.4) is 0 Å². The highest BCUT2D eigenvalue weighted by Crippen LogP contribution is 2.31. The quantitative estimate of drug-likeness (QED) is 0.492. The summed E-state index contributed by atoms with van der Waals surface area (Å²) in [5, 5.41) is 0. The van der Waals surface area contributed by atoms with Gasteiger partial charge in [-0.1, -0.05) is 30.7 Å². The molecule has 0 aromatic rings. The van der Waals surface area contributed by atoms with Gasteiger partial charge in [0.05, 0.1) is 0 Å². The van der Waals surface area contributed by atoms with Crippen LogP contribution in [0, 0.1) is 11.8 Å². The van der Waals surface area contributed by atoms with E-state index in [1.165, 1.54) is 17.6 Å². The molecule has 78 valence electrons. The van der Waals surface area contributed by atoms with Gasteiger partial charge in [-0.25, -0.2) is 0 Å². The fourth-order valence-corrected chi connectivity index (χ4v) is 2.04. The Balaban J connectivity index is 2.50. The van der Waals surface area contributed by atoms with E-state index in [0.717, 1.165) is 25.5 Å². The van der Waals surface area contributed by atoms with Crippen molar-refractivity contribution in [2.24, 2.45) is 11.8 Å². The van der Waals surface area contributed by atoms with Gasteiger partial charge in [0.25, 0.3) is 0 Å². The number of hydrogen-bond donors (Lipinski definition) is 0. The Kier molecular flexibility index (Phi) is 4.12. The van der Waals surface area contributed by atoms with E-state index in [2.05, 4.69) is 19.6 Å². The molecule has 0 aromatic heterocycles. The Morgan fingerprint density at radius 1 is 1.79 bits per heavy atom. The molecule has 1 aliphatic carbocycles. The topological polar surface area (TPSA) is 17.1 Å². The summed E-state index contributed by atoms with van der Waals surface area (Å²) in [5.41, 5.74) is 2.73. The van der Waals surface area contributed by atoms with E-state index in [-0.39, 0.29) is 5.92 Å². The van der Waals surface area contributed by atoms with E-state index < -0.39 is 0 Å². The maximum absolute atomic E-state index is 10.5. The van der Waals surface area contributed by atoms with E-state index in [0.29, 0.717) is 5.92 Å². The molecule has 0 saturated heterocycles. The summed E-state index contributed by atoms with van der Waals surface area (Å²) in [6, 6.07) is 0. The van der Waals surface area contributed by atoms with Gasteiger partial charge in [-0.2, -0.15) is 0 Å². The highest BCUT2D eigenvalue weighted by atomic mass is 16.1. The van der Waals surface area contributed by atoms with Gasteiger partial charge in [-0.05, 0) is 38.5 Å². The molecule has 0 spiro atoms. The zero-order valence-electron chi connectivity index (χ0n) is 9.25. The molecule has 1 unspecified atom stereocenters. The molecule has 0 amide bonds. The van der Waals surface area contributed by atoms with E-state index in [1.54, 1.807) is 0 Å². The molecule has 0 saturated carbocycles. The normalized spacial score (nSPS) is 23.9. The first-order valence-electron chi connectivity index (χ1n) is 5.42. The molecule has 1 nitrogen and oxygen atoms in total. The minimum absolute atomic E-state index is 0.171. The molecule has 0 aliphatic heterocycles. The summed E-state index contributed by atoms with van der Waals surface area (Å²) in [4.78, 5) is 10.5. The third-order valence-electron chi connectivity index (χ3n) is 2.97. The van der Waals surface area contributed by atoms with Crippen molar-refractivity contribution in [3.8, 4) is 0 Å². The fraction of sp³-hybridized carbons (Fsp3) is 0.615. The monoisotopic (exact) mass is 192 g/mol. The smallest absolute Gasteiger partial charge is 0.123 e. The van der Waals surface area contributed by atoms with Crippen molar-refractivity contribution < 1.29 is 4.79 Å². The van der Waals surface area contributed by atoms with Gasteiger partial charge in [0.1, 0.15) is 6.29 Å². The van der Waals surface area contributed by atoms with Crippen LogP contribution in [-0.4, -0.2) is 6.29 Å². The summed E-state index contributed by atoms with van der Waals surface area (Å²) in [6.45, 7) is 8.11. The average molecular weight is 192 g/mol. The predicted molar refractivity (Wildman–Crippen MR) is 60.1 cm³/mol. The first-order chi connectivity index (χ1) is 6.63. The first kappa shape index (κ1) is 11.2. The van der Waals surface area contributed by atoms with Crippen molar-refractivity contribution in [3.05, 3.63) is 23.8 Å². The molecule has 14 heavy (non-hydrogen) atoms. The minimum atomic E-state index is 0.171. The van der Waals surface area contributed by atoms with Gasteiger partial charge in [0.15, 0.2) is 0 Å². The van der Waals surface area contributed by atoms with Gasteiger partial charge < -0.3 is 4.79 Å². The van der Waals surface area contributed by atoms with Crippen molar-refractivity contribution in [2.45, 2.75) is 39.5 Å². The second-order valence-electron chi connectivity index (χ2n) is 4.50. The van der Waals surface area contributed by atoms with Crippen LogP contribution in [0.25, 0.3) is 0 Å². The Bertz CT molecular complexity index is 250. The highest BCUT2D eigenvalue weighted by Gasteiger charge is 2.17. The molecule has 1 rings (SSSR count). The number of allylic oxidation sites excluding steroid dienone is 3. The standard InChI is InChI=1S/C13H20O/c1-10(2)13-6-4-5-12(8-13)7-11(3)9-14/h5,9,11,13H,1,4,6-8H2,2-3H3/t11?,13-/m1/s1. The molecule has 0 radical (unpaired) electrons. The third-order valence-corrected chi connectivity index (χ3v) is 2.97. The summed E-state index contributed by atoms with van der Waals surface area (Å²) in [5.74, 6) is 0.818. The molecule has 2 atom stereocenters. The Morgan fingerprint density at radius 2 is 2.50 bits per heavy atom. The van der Waals surface area contributed by atoms with Crippen molar-refractivity contribution in [1.29, 1.82) is 0 Å². The zero-order valence-corrected chi connectivity index (χ0v) is 9.25. The lowest BCUT2D eigenvalue weighted by atomic mass is 9.82. The maximum atomic E-state index is 10.5. The van der Waals surface area contributed by atoms with Crippen molar-refractivity contribution >= 4 is 6.29 Å². The first-order valence-corrected chi connectivity index (χ1v) is 5.42. The van der Waals surface area contributed by atoms with E-state index in [9.17, 15) is 4.79 Å². The largest absolute Gasteiger partial charge is 0.303 e. The van der Waals surface area contributed by atoms with Crippen LogP contribution in [0.1, 0.15) is 39.5 Å². The maximum Gasteiger partial charge on any atom is 0.123 e. The lowest BCUT2D eigenvalue weighted by molar-refractivity contribution is -0.110. The number of aldehydes is 1. The zero-order chi connectivity index (χ0) is 10.6. The molecule has 0 heterocycles. The van der Waals surface area contributed by atoms with Crippen LogP contribution in [0.2, 0.25) is 0 Å². The SMILES string of the molecule is C=C(C)[C@@H]1CCC=C(CC(C)C=O)C1. The number of carbonyl (C=O) groups excluding carboxylic acids is 1. The van der Waals surface area contributed by atoms with Crippen LogP contribution in [-0.2, 0) is 4.79 Å². The molecule has 1 heteroatoms. The number of hydrogen-bond acceptors (Lipinski definition) is 1. The van der Waals surface area contributed by atoms with Crippen LogP contribution in [0.5, 0.6) is 0 Å². The van der Waals surface area contributed by atoms with Crippen LogP contribution in [0.15, 0.2) is 23.8 Å². The number of carbonyl (C=O) groups is 1. The Hall–Kier alpha value is -0.850. The van der Waals surface area contributed by atoms with Gasteiger partial charge in [0, 0.05) is 5.92 Å². The molecule has 0 aromatic carbocycles. The van der Waals surface area contributed by atoms with Crippen molar-refractivity contribution in [2.75, 3.05) is 0 Å². The van der Waals surface area contributed by atoms with Crippen LogP contribution in [0.4, 0.5) is 0 Å². The van der Waals surface area contributed by atoms with Crippen molar-refractivity contribution in [1.82, 2.24) is 0 Å². The lowest BCUT2D eigenvalue weighted by Crippen LogP contribution is -2.10. The highest BCUT2D eigenvalue weighted by molar-refractivity contribution is 5.53. The van der Waals surface area contributed by atoms with Gasteiger partial charge >= 0.3 is 0 Å². The molecule has 1 aliphatic rings. The molecular weight excluding hydrogens is 172 g/mol. The number of rotatable bonds is 4. The summed E-state index contributed by atoms with van der Waals surface area (Å²) in [6.07, 6.45) is 7.79. The van der Waals surface area contributed by atoms with Crippen molar-refractivity contribution in [3.63, 3.8) is 0 Å². The Labute approximate surface area is 86.9 Å². The predicted octanol–water partition coefficient (Wildman–Crippen LogP) is 3.51. The minimum Gasteiger partial charge on any atom is -0.303 e. The molecular formula is C13H20O. The van der Waals surface area contributed by atoms with Gasteiger partial charge in [0.2, 0.25) is 0 Å². The summed E-state index contributed by atoms with van der Waals surface area (Å²) in [7, 11) is 0. The van der Waals surface area contributed by atoms with Gasteiger partial charge in [-0.3, -0.25) is 0 Å². The third kappa shape index (κ3) is 3.13. The fourth-order valence-electron chi connectivity index (χ4n) is 2.04. The van der Waals surface area contributed by atoms with Gasteiger partial charge in [-0.15, -0.1) is 0 Å². The van der Waals surface area contributed by atoms with E-state index >= 15 is 0 Å². The molecule has 0 fully saturated rings. The second kappa shape index (κ2) is 5.14. The van der Waals surface area contributed by atoms with E-state index in [1.807, 2.05) is 6.92 Å². The van der Waals surface area contributed by atoms with E-state index in [4.69, 9.17) is 0 Å². The lowest BCUT2D eigenvalue weighted by Gasteiger charge is -2.23. The summed E-state index contributed by atoms with van der Waals surface area (Å²) < 4.78 is 0. The van der Waals surface area contributed by atoms with Crippen LogP contribution < -0.4 is 0 Å². The average Bonchev–Trinajstić information content (AvgIpc) is 2.18. The Morgan fingerprint density at radius 3 is 3.07 bits per heavy atom. The molecule has 0 bridgehead atoms.